The summed E-state index contributed by atoms with van der Waals surface area (Å²) >= 11 is 0. The predicted octanol–water partition coefficient (Wildman–Crippen LogP) is 2.59. The minimum absolute atomic E-state index is 0.0447. The first kappa shape index (κ1) is 15.1. The SMILES string of the molecule is CCOC(=O)[C@@H]1CC12CCN(C(=O)OC(C)(C)C)CC2. The molecule has 1 atom stereocenters. The van der Waals surface area contributed by atoms with Gasteiger partial charge in [-0.3, -0.25) is 4.79 Å². The van der Waals surface area contributed by atoms with Gasteiger partial charge >= 0.3 is 12.1 Å². The Labute approximate surface area is 120 Å². The topological polar surface area (TPSA) is 55.8 Å². The van der Waals surface area contributed by atoms with Crippen LogP contribution in [0.3, 0.4) is 0 Å². The molecule has 0 aromatic rings. The zero-order valence-electron chi connectivity index (χ0n) is 12.9. The van der Waals surface area contributed by atoms with Gasteiger partial charge < -0.3 is 14.4 Å². The maximum absolute atomic E-state index is 12.0. The molecular formula is C15H25NO4. The van der Waals surface area contributed by atoms with Crippen molar-refractivity contribution in [2.24, 2.45) is 11.3 Å². The maximum atomic E-state index is 12.0. The molecule has 1 heterocycles. The zero-order valence-corrected chi connectivity index (χ0v) is 12.9. The van der Waals surface area contributed by atoms with E-state index >= 15 is 0 Å². The summed E-state index contributed by atoms with van der Waals surface area (Å²) in [6.45, 7) is 9.22. The monoisotopic (exact) mass is 283 g/mol. The normalized spacial score (nSPS) is 24.4. The lowest BCUT2D eigenvalue weighted by Crippen LogP contribution is -2.42. The van der Waals surface area contributed by atoms with Crippen molar-refractivity contribution in [2.75, 3.05) is 19.7 Å². The predicted molar refractivity (Wildman–Crippen MR) is 74.2 cm³/mol. The van der Waals surface area contributed by atoms with E-state index in [0.717, 1.165) is 19.3 Å². The van der Waals surface area contributed by atoms with Gasteiger partial charge in [0.25, 0.3) is 0 Å². The van der Waals surface area contributed by atoms with Crippen LogP contribution in [0.25, 0.3) is 0 Å². The van der Waals surface area contributed by atoms with Gasteiger partial charge in [-0.1, -0.05) is 0 Å². The van der Waals surface area contributed by atoms with Crippen molar-refractivity contribution in [1.29, 1.82) is 0 Å². The summed E-state index contributed by atoms with van der Waals surface area (Å²) in [4.78, 5) is 25.5. The van der Waals surface area contributed by atoms with Crippen LogP contribution in [0.1, 0.15) is 47.0 Å². The van der Waals surface area contributed by atoms with Crippen LogP contribution >= 0.6 is 0 Å². The van der Waals surface area contributed by atoms with Crippen molar-refractivity contribution in [3.05, 3.63) is 0 Å². The summed E-state index contributed by atoms with van der Waals surface area (Å²) in [5.41, 5.74) is -0.371. The Morgan fingerprint density at radius 3 is 2.35 bits per heavy atom. The van der Waals surface area contributed by atoms with Crippen molar-refractivity contribution < 1.29 is 19.1 Å². The van der Waals surface area contributed by atoms with E-state index in [9.17, 15) is 9.59 Å². The molecule has 1 saturated heterocycles. The average Bonchev–Trinajstić information content (AvgIpc) is 3.02. The van der Waals surface area contributed by atoms with Crippen LogP contribution in [0.4, 0.5) is 4.79 Å². The molecule has 0 radical (unpaired) electrons. The fraction of sp³-hybridized carbons (Fsp3) is 0.867. The number of rotatable bonds is 2. The number of carbonyl (C=O) groups excluding carboxylic acids is 2. The minimum Gasteiger partial charge on any atom is -0.466 e. The smallest absolute Gasteiger partial charge is 0.410 e. The van der Waals surface area contributed by atoms with Crippen LogP contribution in [0.2, 0.25) is 0 Å². The molecule has 0 N–H and O–H groups in total. The molecule has 1 aliphatic heterocycles. The van der Waals surface area contributed by atoms with Gasteiger partial charge in [0.15, 0.2) is 0 Å². The van der Waals surface area contributed by atoms with Crippen LogP contribution in [0.5, 0.6) is 0 Å². The molecule has 0 aromatic heterocycles. The minimum atomic E-state index is -0.459. The molecule has 1 saturated carbocycles. The highest BCUT2D eigenvalue weighted by Gasteiger charge is 2.59. The van der Waals surface area contributed by atoms with E-state index in [2.05, 4.69) is 0 Å². The Kier molecular flexibility index (Phi) is 3.98. The van der Waals surface area contributed by atoms with E-state index < -0.39 is 5.60 Å². The summed E-state index contributed by atoms with van der Waals surface area (Å²) in [5, 5.41) is 0. The highest BCUT2D eigenvalue weighted by atomic mass is 16.6. The Morgan fingerprint density at radius 2 is 1.85 bits per heavy atom. The molecule has 2 rings (SSSR count). The van der Waals surface area contributed by atoms with Gasteiger partial charge in [0, 0.05) is 13.1 Å². The lowest BCUT2D eigenvalue weighted by molar-refractivity contribution is -0.145. The van der Waals surface area contributed by atoms with E-state index in [1.807, 2.05) is 27.7 Å². The largest absolute Gasteiger partial charge is 0.466 e. The Hall–Kier alpha value is -1.26. The Balaban J connectivity index is 1.82. The number of carbonyl (C=O) groups is 2. The summed E-state index contributed by atoms with van der Waals surface area (Å²) in [6.07, 6.45) is 2.40. The lowest BCUT2D eigenvalue weighted by atomic mass is 9.91. The molecule has 0 unspecified atom stereocenters. The van der Waals surface area contributed by atoms with Crippen molar-refractivity contribution in [3.8, 4) is 0 Å². The van der Waals surface area contributed by atoms with Crippen molar-refractivity contribution >= 4 is 12.1 Å². The second-order valence-electron chi connectivity index (χ2n) is 6.84. The lowest BCUT2D eigenvalue weighted by Gasteiger charge is -2.34. The molecule has 1 spiro atoms. The zero-order chi connectivity index (χ0) is 15.0. The molecule has 0 aromatic carbocycles. The van der Waals surface area contributed by atoms with Gasteiger partial charge in [-0.15, -0.1) is 0 Å². The van der Waals surface area contributed by atoms with Gasteiger partial charge in [-0.25, -0.2) is 4.79 Å². The highest BCUT2D eigenvalue weighted by molar-refractivity contribution is 5.77. The number of nitrogens with zero attached hydrogens (tertiary/aromatic N) is 1. The highest BCUT2D eigenvalue weighted by Crippen LogP contribution is 2.59. The number of esters is 1. The summed E-state index contributed by atoms with van der Waals surface area (Å²) in [7, 11) is 0. The van der Waals surface area contributed by atoms with Gasteiger partial charge in [0.1, 0.15) is 5.60 Å². The van der Waals surface area contributed by atoms with Gasteiger partial charge in [-0.2, -0.15) is 0 Å². The number of ether oxygens (including phenoxy) is 2. The fourth-order valence-electron chi connectivity index (χ4n) is 2.94. The Morgan fingerprint density at radius 1 is 1.25 bits per heavy atom. The van der Waals surface area contributed by atoms with E-state index in [4.69, 9.17) is 9.47 Å². The molecular weight excluding hydrogens is 258 g/mol. The maximum Gasteiger partial charge on any atom is 0.410 e. The molecule has 5 nitrogen and oxygen atoms in total. The third-order valence-electron chi connectivity index (χ3n) is 4.17. The number of piperidine rings is 1. The molecule has 2 fully saturated rings. The molecule has 5 heteroatoms. The second kappa shape index (κ2) is 5.26. The van der Waals surface area contributed by atoms with E-state index in [0.29, 0.717) is 19.7 Å². The van der Waals surface area contributed by atoms with E-state index in [1.165, 1.54) is 0 Å². The summed E-state index contributed by atoms with van der Waals surface area (Å²) < 4.78 is 10.5. The number of hydrogen-bond acceptors (Lipinski definition) is 4. The Bertz CT molecular complexity index is 391. The van der Waals surface area contributed by atoms with Crippen LogP contribution in [-0.2, 0) is 14.3 Å². The molecule has 1 amide bonds. The van der Waals surface area contributed by atoms with Gasteiger partial charge in [0.05, 0.1) is 12.5 Å². The summed E-state index contributed by atoms with van der Waals surface area (Å²) in [5.74, 6) is -0.0264. The van der Waals surface area contributed by atoms with Crippen LogP contribution in [-0.4, -0.2) is 42.3 Å². The third kappa shape index (κ3) is 3.25. The van der Waals surface area contributed by atoms with Crippen LogP contribution in [0.15, 0.2) is 0 Å². The first-order valence-electron chi connectivity index (χ1n) is 7.42. The molecule has 20 heavy (non-hydrogen) atoms. The second-order valence-corrected chi connectivity index (χ2v) is 6.84. The third-order valence-corrected chi connectivity index (χ3v) is 4.17. The molecule has 0 bridgehead atoms. The fourth-order valence-corrected chi connectivity index (χ4v) is 2.94. The van der Waals surface area contributed by atoms with Crippen LogP contribution in [0, 0.1) is 11.3 Å². The van der Waals surface area contributed by atoms with Gasteiger partial charge in [0.2, 0.25) is 0 Å². The number of amides is 1. The van der Waals surface area contributed by atoms with Crippen molar-refractivity contribution in [1.82, 2.24) is 4.90 Å². The first-order chi connectivity index (χ1) is 9.27. The van der Waals surface area contributed by atoms with Gasteiger partial charge in [-0.05, 0) is 52.4 Å². The molecule has 2 aliphatic rings. The van der Waals surface area contributed by atoms with Crippen molar-refractivity contribution in [2.45, 2.75) is 52.6 Å². The van der Waals surface area contributed by atoms with Crippen LogP contribution < -0.4 is 0 Å². The first-order valence-corrected chi connectivity index (χ1v) is 7.42. The molecule has 114 valence electrons. The van der Waals surface area contributed by atoms with E-state index in [-0.39, 0.29) is 23.4 Å². The summed E-state index contributed by atoms with van der Waals surface area (Å²) in [6, 6.07) is 0. The number of likely N-dealkylation sites (tertiary alicyclic amines) is 1. The quantitative estimate of drug-likeness (QED) is 0.731. The standard InChI is InChI=1S/C15H25NO4/c1-5-19-12(17)11-10-15(11)6-8-16(9-7-15)13(18)20-14(2,3)4/h11H,5-10H2,1-4H3/t11-/m0/s1. The molecule has 1 aliphatic carbocycles. The van der Waals surface area contributed by atoms with Crippen molar-refractivity contribution in [3.63, 3.8) is 0 Å². The average molecular weight is 283 g/mol. The number of hydrogen-bond donors (Lipinski definition) is 0. The van der Waals surface area contributed by atoms with E-state index in [1.54, 1.807) is 4.90 Å².